The van der Waals surface area contributed by atoms with Gasteiger partial charge >= 0.3 is 5.97 Å². The van der Waals surface area contributed by atoms with Gasteiger partial charge < -0.3 is 23.4 Å². The fourth-order valence-electron chi connectivity index (χ4n) is 11.5. The quantitative estimate of drug-likeness (QED) is 0.127. The lowest BCUT2D eigenvalue weighted by Gasteiger charge is -2.58. The minimum absolute atomic E-state index is 0.126. The van der Waals surface area contributed by atoms with Crippen LogP contribution in [-0.2, 0) is 9.53 Å². The zero-order valence-corrected chi connectivity index (χ0v) is 33.7. The van der Waals surface area contributed by atoms with E-state index in [0.717, 1.165) is 60.5 Å². The summed E-state index contributed by atoms with van der Waals surface area (Å²) in [6.45, 7) is 16.4. The summed E-state index contributed by atoms with van der Waals surface area (Å²) in [5, 5.41) is 0.367. The van der Waals surface area contributed by atoms with Gasteiger partial charge in [-0.25, -0.2) is 4.79 Å². The number of allylic oxidation sites excluding steroid dienone is 1. The maximum absolute atomic E-state index is 13.3. The highest BCUT2D eigenvalue weighted by Gasteiger charge is 2.59. The normalized spacial score (nSPS) is 29.5. The Kier molecular flexibility index (Phi) is 11.3. The van der Waals surface area contributed by atoms with Gasteiger partial charge in [0.05, 0.1) is 12.0 Å². The van der Waals surface area contributed by atoms with Crippen LogP contribution in [0, 0.1) is 53.3 Å². The molecule has 7 heteroatoms. The Balaban J connectivity index is 0.936. The molecule has 7 nitrogen and oxygen atoms in total. The first-order valence-corrected chi connectivity index (χ1v) is 20.9. The van der Waals surface area contributed by atoms with Crippen molar-refractivity contribution in [1.29, 1.82) is 0 Å². The number of aryl methyl sites for hydroxylation is 1. The molecular formula is C47H62O7. The van der Waals surface area contributed by atoms with Crippen LogP contribution in [0.15, 0.2) is 63.3 Å². The average Bonchev–Trinajstić information content (AvgIpc) is 3.50. The second-order valence-electron chi connectivity index (χ2n) is 17.9. The molecule has 54 heavy (non-hydrogen) atoms. The van der Waals surface area contributed by atoms with Crippen molar-refractivity contribution in [3.63, 3.8) is 0 Å². The van der Waals surface area contributed by atoms with Crippen LogP contribution in [0.4, 0.5) is 0 Å². The smallest absolute Gasteiger partial charge is 0.344 e. The maximum Gasteiger partial charge on any atom is 0.344 e. The van der Waals surface area contributed by atoms with Gasteiger partial charge in [0.1, 0.15) is 34.7 Å². The first-order valence-electron chi connectivity index (χ1n) is 20.9. The molecule has 0 unspecified atom stereocenters. The van der Waals surface area contributed by atoms with Crippen LogP contribution in [0.5, 0.6) is 23.0 Å². The van der Waals surface area contributed by atoms with Crippen LogP contribution in [0.3, 0.4) is 0 Å². The number of carbonyl (C=O) groups excluding carboxylic acids is 1. The van der Waals surface area contributed by atoms with Crippen LogP contribution in [-0.4, -0.2) is 25.3 Å². The van der Waals surface area contributed by atoms with Gasteiger partial charge in [0.25, 0.3) is 0 Å². The second kappa shape index (κ2) is 15.8. The predicted molar refractivity (Wildman–Crippen MR) is 213 cm³/mol. The lowest BCUT2D eigenvalue weighted by atomic mass is 9.47. The third-order valence-corrected chi connectivity index (χ3v) is 14.3. The van der Waals surface area contributed by atoms with Crippen molar-refractivity contribution in [2.24, 2.45) is 46.3 Å². The minimum atomic E-state index is -0.373. The minimum Gasteiger partial charge on any atom is -0.494 e. The van der Waals surface area contributed by atoms with Crippen LogP contribution < -0.4 is 19.6 Å². The van der Waals surface area contributed by atoms with E-state index < -0.39 is 0 Å². The average molecular weight is 739 g/mol. The standard InChI is InChI=1S/C47H62O7/c1-8-50-33-13-15-34(16-14-33)54-45-31(5)52-42-27-35(17-19-38(42)44(45)49)51-28-43(48)53-36-22-24-46(6)32(26-36)12-18-37-40-21-20-39(30(4)11-9-10-29(2)3)47(40,7)25-23-41(37)46/h12-17,19,27,29-30,36-37,39-41H,8-11,18,20-26,28H2,1-7H3/t30-,36-,37+,39+,40-,41+,46-,47-/m1/s1. The number of hydrogen-bond donors (Lipinski definition) is 0. The highest BCUT2D eigenvalue weighted by molar-refractivity contribution is 5.80. The van der Waals surface area contributed by atoms with Crippen molar-refractivity contribution < 1.29 is 28.2 Å². The Bertz CT molecular complexity index is 1890. The molecule has 0 spiro atoms. The van der Waals surface area contributed by atoms with Crippen molar-refractivity contribution in [3.05, 3.63) is 70.1 Å². The summed E-state index contributed by atoms with van der Waals surface area (Å²) in [7, 11) is 0. The first kappa shape index (κ1) is 38.5. The van der Waals surface area contributed by atoms with Gasteiger partial charge in [0.15, 0.2) is 6.61 Å². The van der Waals surface area contributed by atoms with Gasteiger partial charge in [-0.05, 0) is 142 Å². The van der Waals surface area contributed by atoms with E-state index in [1.54, 1.807) is 49.4 Å². The molecule has 3 fully saturated rings. The van der Waals surface area contributed by atoms with Gasteiger partial charge in [0, 0.05) is 12.5 Å². The van der Waals surface area contributed by atoms with Gasteiger partial charge in [-0.15, -0.1) is 0 Å². The molecule has 0 amide bonds. The molecule has 1 aromatic heterocycles. The number of ether oxygens (including phenoxy) is 4. The van der Waals surface area contributed by atoms with E-state index in [0.29, 0.717) is 40.3 Å². The van der Waals surface area contributed by atoms with Gasteiger partial charge in [0.2, 0.25) is 11.2 Å². The summed E-state index contributed by atoms with van der Waals surface area (Å²) < 4.78 is 29.3. The summed E-state index contributed by atoms with van der Waals surface area (Å²) >= 11 is 0. The lowest BCUT2D eigenvalue weighted by Crippen LogP contribution is -2.51. The van der Waals surface area contributed by atoms with Crippen molar-refractivity contribution in [2.45, 2.75) is 125 Å². The third-order valence-electron chi connectivity index (χ3n) is 14.3. The fraction of sp³-hybridized carbons (Fsp3) is 0.617. The fourth-order valence-corrected chi connectivity index (χ4v) is 11.5. The number of benzene rings is 2. The lowest BCUT2D eigenvalue weighted by molar-refractivity contribution is -0.153. The maximum atomic E-state index is 13.3. The van der Waals surface area contributed by atoms with Crippen molar-refractivity contribution in [1.82, 2.24) is 0 Å². The SMILES string of the molecule is CCOc1ccc(Oc2c(C)oc3cc(OCC(=O)O[C@@H]4CC[C@]5(C)C(=CC[C@H]6[C@H]7CC[C@@H]([C@H](C)CCCC(C)C)[C@@]7(C)CC[C@@H]65)C4)ccc3c2=O)cc1. The van der Waals surface area contributed by atoms with Crippen molar-refractivity contribution in [3.8, 4) is 23.0 Å². The van der Waals surface area contributed by atoms with Gasteiger partial charge in [-0.3, -0.25) is 4.79 Å². The number of rotatable bonds is 13. The van der Waals surface area contributed by atoms with Gasteiger partial charge in [-0.2, -0.15) is 0 Å². The zero-order chi connectivity index (χ0) is 38.2. The van der Waals surface area contributed by atoms with Crippen molar-refractivity contribution in [2.75, 3.05) is 13.2 Å². The molecule has 2 aromatic carbocycles. The summed E-state index contributed by atoms with van der Waals surface area (Å²) in [5.41, 5.74) is 2.29. The first-order chi connectivity index (χ1) is 25.9. The molecule has 0 N–H and O–H groups in total. The molecular weight excluding hydrogens is 677 g/mol. The van der Waals surface area contributed by atoms with E-state index in [1.165, 1.54) is 56.9 Å². The number of carbonyl (C=O) groups is 1. The van der Waals surface area contributed by atoms with E-state index >= 15 is 0 Å². The molecule has 4 aliphatic rings. The molecule has 7 rings (SSSR count). The van der Waals surface area contributed by atoms with Crippen molar-refractivity contribution >= 4 is 16.9 Å². The Hall–Kier alpha value is -3.74. The summed E-state index contributed by atoms with van der Waals surface area (Å²) in [6.07, 6.45) is 16.0. The molecule has 292 valence electrons. The van der Waals surface area contributed by atoms with E-state index in [1.807, 2.05) is 6.92 Å². The molecule has 0 aliphatic heterocycles. The highest BCUT2D eigenvalue weighted by atomic mass is 16.6. The summed E-state index contributed by atoms with van der Waals surface area (Å²) in [5.74, 6) is 6.62. The van der Waals surface area contributed by atoms with Crippen LogP contribution in [0.2, 0.25) is 0 Å². The molecule has 4 aliphatic carbocycles. The monoisotopic (exact) mass is 738 g/mol. The van der Waals surface area contributed by atoms with Crippen LogP contribution in [0.1, 0.15) is 118 Å². The predicted octanol–water partition coefficient (Wildman–Crippen LogP) is 11.6. The molecule has 3 aromatic rings. The molecule has 0 saturated heterocycles. The number of fused-ring (bicyclic) bond motifs is 6. The summed E-state index contributed by atoms with van der Waals surface area (Å²) in [6, 6.07) is 12.1. The Morgan fingerprint density at radius 2 is 1.67 bits per heavy atom. The highest BCUT2D eigenvalue weighted by Crippen LogP contribution is 2.67. The van der Waals surface area contributed by atoms with E-state index in [9.17, 15) is 9.59 Å². The van der Waals surface area contributed by atoms with E-state index in [4.69, 9.17) is 23.4 Å². The Morgan fingerprint density at radius 1 is 0.907 bits per heavy atom. The van der Waals surface area contributed by atoms with Crippen LogP contribution in [0.25, 0.3) is 11.0 Å². The molecule has 8 atom stereocenters. The Labute approximate surface area is 322 Å². The second-order valence-corrected chi connectivity index (χ2v) is 17.9. The zero-order valence-electron chi connectivity index (χ0n) is 33.7. The Morgan fingerprint density at radius 3 is 2.43 bits per heavy atom. The molecule has 0 bridgehead atoms. The number of esters is 1. The third kappa shape index (κ3) is 7.58. The number of hydrogen-bond acceptors (Lipinski definition) is 7. The topological polar surface area (TPSA) is 84.2 Å². The molecule has 3 saturated carbocycles. The van der Waals surface area contributed by atoms with E-state index in [2.05, 4.69) is 40.7 Å². The molecule has 0 radical (unpaired) electrons. The van der Waals surface area contributed by atoms with Gasteiger partial charge in [-0.1, -0.05) is 65.5 Å². The summed E-state index contributed by atoms with van der Waals surface area (Å²) in [4.78, 5) is 26.4. The largest absolute Gasteiger partial charge is 0.494 e. The molecule has 1 heterocycles. The van der Waals surface area contributed by atoms with E-state index in [-0.39, 0.29) is 35.3 Å². The van der Waals surface area contributed by atoms with Crippen LogP contribution >= 0.6 is 0 Å².